The smallest absolute Gasteiger partial charge is 0.272 e. The quantitative estimate of drug-likeness (QED) is 0.770. The third kappa shape index (κ3) is 2.97. The van der Waals surface area contributed by atoms with Gasteiger partial charge in [0.05, 0.1) is 5.69 Å². The lowest BCUT2D eigenvalue weighted by atomic mass is 10.2. The topological polar surface area (TPSA) is 87.9 Å². The average molecular weight is 357 g/mol. The lowest BCUT2D eigenvalue weighted by molar-refractivity contribution is 0.0704. The molecular weight excluding hydrogens is 338 g/mol. The van der Waals surface area contributed by atoms with Crippen LogP contribution in [-0.2, 0) is 0 Å². The number of thiophene rings is 1. The Morgan fingerprint density at radius 1 is 1.48 bits per heavy atom. The SMILES string of the molecule is CC(C)c1noc([C@@H]2CCCN2C(=O)c2cc(-c3ccsc3)n[nH]2)n1. The fraction of sp³-hybridized carbons (Fsp3) is 0.412. The summed E-state index contributed by atoms with van der Waals surface area (Å²) in [6, 6.07) is 3.62. The molecule has 3 aromatic rings. The van der Waals surface area contributed by atoms with E-state index in [1.54, 1.807) is 22.3 Å². The number of H-pyrrole nitrogens is 1. The van der Waals surface area contributed by atoms with Crippen molar-refractivity contribution in [3.05, 3.63) is 40.3 Å². The van der Waals surface area contributed by atoms with Gasteiger partial charge in [-0.1, -0.05) is 19.0 Å². The molecule has 0 spiro atoms. The maximum atomic E-state index is 12.9. The highest BCUT2D eigenvalue weighted by Crippen LogP contribution is 2.33. The Labute approximate surface area is 149 Å². The van der Waals surface area contributed by atoms with Gasteiger partial charge in [0, 0.05) is 23.4 Å². The number of rotatable bonds is 4. The van der Waals surface area contributed by atoms with Gasteiger partial charge in [0.25, 0.3) is 5.91 Å². The van der Waals surface area contributed by atoms with Crippen molar-refractivity contribution in [1.29, 1.82) is 0 Å². The van der Waals surface area contributed by atoms with Gasteiger partial charge in [0.15, 0.2) is 5.82 Å². The number of nitrogens with zero attached hydrogens (tertiary/aromatic N) is 4. The molecule has 8 heteroatoms. The van der Waals surface area contributed by atoms with Crippen LogP contribution in [0.25, 0.3) is 11.3 Å². The van der Waals surface area contributed by atoms with E-state index in [1.807, 2.05) is 30.7 Å². The highest BCUT2D eigenvalue weighted by atomic mass is 32.1. The van der Waals surface area contributed by atoms with Gasteiger partial charge in [-0.3, -0.25) is 9.89 Å². The molecule has 1 fully saturated rings. The summed E-state index contributed by atoms with van der Waals surface area (Å²) in [5.74, 6) is 1.31. The minimum atomic E-state index is -0.166. The summed E-state index contributed by atoms with van der Waals surface area (Å²) in [5.41, 5.74) is 2.27. The van der Waals surface area contributed by atoms with Crippen LogP contribution in [0.3, 0.4) is 0 Å². The molecule has 1 atom stereocenters. The maximum Gasteiger partial charge on any atom is 0.272 e. The van der Waals surface area contributed by atoms with Crippen molar-refractivity contribution in [2.45, 2.75) is 38.6 Å². The molecule has 1 N–H and O–H groups in total. The van der Waals surface area contributed by atoms with Crippen LogP contribution < -0.4 is 0 Å². The Balaban J connectivity index is 1.56. The number of aromatic nitrogens is 4. The van der Waals surface area contributed by atoms with Crippen molar-refractivity contribution in [2.24, 2.45) is 0 Å². The first-order chi connectivity index (χ1) is 12.1. The van der Waals surface area contributed by atoms with Gasteiger partial charge >= 0.3 is 0 Å². The summed E-state index contributed by atoms with van der Waals surface area (Å²) in [6.45, 7) is 4.71. The van der Waals surface area contributed by atoms with Gasteiger partial charge in [-0.05, 0) is 30.4 Å². The molecule has 0 saturated carbocycles. The fourth-order valence-corrected chi connectivity index (χ4v) is 3.68. The molecule has 7 nitrogen and oxygen atoms in total. The third-order valence-corrected chi connectivity index (χ3v) is 5.08. The molecule has 1 saturated heterocycles. The third-order valence-electron chi connectivity index (χ3n) is 4.40. The Morgan fingerprint density at radius 3 is 3.08 bits per heavy atom. The predicted octanol–water partition coefficient (Wildman–Crippen LogP) is 3.62. The normalized spacial score (nSPS) is 17.6. The average Bonchev–Trinajstić information content (AvgIpc) is 3.41. The van der Waals surface area contributed by atoms with Crippen LogP contribution in [0.2, 0.25) is 0 Å². The van der Waals surface area contributed by atoms with Crippen LogP contribution in [0, 0.1) is 0 Å². The van der Waals surface area contributed by atoms with E-state index in [9.17, 15) is 4.79 Å². The van der Waals surface area contributed by atoms with Crippen molar-refractivity contribution in [1.82, 2.24) is 25.2 Å². The summed E-state index contributed by atoms with van der Waals surface area (Å²) in [5, 5.41) is 15.1. The van der Waals surface area contributed by atoms with Crippen LogP contribution in [0.5, 0.6) is 0 Å². The number of nitrogens with one attached hydrogen (secondary N) is 1. The first-order valence-electron chi connectivity index (χ1n) is 8.36. The first kappa shape index (κ1) is 16.0. The number of likely N-dealkylation sites (tertiary alicyclic amines) is 1. The second-order valence-corrected chi connectivity index (χ2v) is 7.26. The molecule has 1 amide bonds. The van der Waals surface area contributed by atoms with Crippen molar-refractivity contribution in [3.63, 3.8) is 0 Å². The Hall–Kier alpha value is -2.48. The van der Waals surface area contributed by atoms with E-state index < -0.39 is 0 Å². The summed E-state index contributed by atoms with van der Waals surface area (Å²) in [6.07, 6.45) is 1.75. The molecule has 4 rings (SSSR count). The zero-order chi connectivity index (χ0) is 17.4. The molecule has 1 aliphatic heterocycles. The van der Waals surface area contributed by atoms with Crippen molar-refractivity contribution < 1.29 is 9.32 Å². The minimum absolute atomic E-state index is 0.0826. The Morgan fingerprint density at radius 2 is 2.36 bits per heavy atom. The van der Waals surface area contributed by atoms with E-state index in [1.165, 1.54) is 0 Å². The lowest BCUT2D eigenvalue weighted by Crippen LogP contribution is -2.31. The van der Waals surface area contributed by atoms with E-state index in [-0.39, 0.29) is 17.9 Å². The molecule has 1 aliphatic rings. The number of hydrogen-bond donors (Lipinski definition) is 1. The van der Waals surface area contributed by atoms with Gasteiger partial charge in [0.1, 0.15) is 11.7 Å². The second-order valence-electron chi connectivity index (χ2n) is 6.48. The van der Waals surface area contributed by atoms with Crippen LogP contribution in [-0.4, -0.2) is 37.7 Å². The molecule has 25 heavy (non-hydrogen) atoms. The van der Waals surface area contributed by atoms with E-state index in [2.05, 4.69) is 20.3 Å². The first-order valence-corrected chi connectivity index (χ1v) is 9.30. The van der Waals surface area contributed by atoms with Gasteiger partial charge in [-0.2, -0.15) is 21.4 Å². The molecule has 0 aromatic carbocycles. The monoisotopic (exact) mass is 357 g/mol. The van der Waals surface area contributed by atoms with E-state index in [4.69, 9.17) is 4.52 Å². The summed E-state index contributed by atoms with van der Waals surface area (Å²) in [7, 11) is 0. The van der Waals surface area contributed by atoms with Crippen LogP contribution in [0.1, 0.15) is 60.9 Å². The number of carbonyl (C=O) groups excluding carboxylic acids is 1. The van der Waals surface area contributed by atoms with Crippen molar-refractivity contribution >= 4 is 17.2 Å². The molecule has 130 valence electrons. The van der Waals surface area contributed by atoms with Crippen LogP contribution in [0.4, 0.5) is 0 Å². The number of hydrogen-bond acceptors (Lipinski definition) is 6. The summed E-state index contributed by atoms with van der Waals surface area (Å²) >= 11 is 1.60. The highest BCUT2D eigenvalue weighted by Gasteiger charge is 2.35. The minimum Gasteiger partial charge on any atom is -0.337 e. The molecular formula is C17H19N5O2S. The largest absolute Gasteiger partial charge is 0.337 e. The molecule has 4 heterocycles. The van der Waals surface area contributed by atoms with Crippen molar-refractivity contribution in [2.75, 3.05) is 6.54 Å². The van der Waals surface area contributed by atoms with E-state index in [0.717, 1.165) is 24.1 Å². The highest BCUT2D eigenvalue weighted by molar-refractivity contribution is 7.08. The van der Waals surface area contributed by atoms with Gasteiger partial charge in [-0.25, -0.2) is 0 Å². The predicted molar refractivity (Wildman–Crippen MR) is 93.3 cm³/mol. The van der Waals surface area contributed by atoms with Crippen LogP contribution in [0.15, 0.2) is 27.4 Å². The number of carbonyl (C=O) groups is 1. The lowest BCUT2D eigenvalue weighted by Gasteiger charge is -2.20. The zero-order valence-electron chi connectivity index (χ0n) is 14.1. The standard InChI is InChI=1S/C17H19N5O2S/c1-10(2)15-18-16(24-21-15)14-4-3-6-22(14)17(23)13-8-12(19-20-13)11-5-7-25-9-11/h5,7-10,14H,3-4,6H2,1-2H3,(H,19,20)/t14-/m0/s1. The molecule has 0 unspecified atom stereocenters. The van der Waals surface area contributed by atoms with Gasteiger partial charge < -0.3 is 9.42 Å². The number of aromatic amines is 1. The van der Waals surface area contributed by atoms with E-state index >= 15 is 0 Å². The van der Waals surface area contributed by atoms with Crippen LogP contribution >= 0.6 is 11.3 Å². The van der Waals surface area contributed by atoms with Crippen molar-refractivity contribution in [3.8, 4) is 11.3 Å². The molecule has 0 radical (unpaired) electrons. The van der Waals surface area contributed by atoms with Gasteiger partial charge in [0.2, 0.25) is 5.89 Å². The Kier molecular flexibility index (Phi) is 4.12. The zero-order valence-corrected chi connectivity index (χ0v) is 14.9. The summed E-state index contributed by atoms with van der Waals surface area (Å²) < 4.78 is 5.41. The second kappa shape index (κ2) is 6.44. The number of amides is 1. The maximum absolute atomic E-state index is 12.9. The summed E-state index contributed by atoms with van der Waals surface area (Å²) in [4.78, 5) is 19.2. The molecule has 0 bridgehead atoms. The molecule has 3 aromatic heterocycles. The Bertz CT molecular complexity index is 867. The molecule has 0 aliphatic carbocycles. The van der Waals surface area contributed by atoms with Gasteiger partial charge in [-0.15, -0.1) is 0 Å². The fourth-order valence-electron chi connectivity index (χ4n) is 3.03. The van der Waals surface area contributed by atoms with E-state index in [0.29, 0.717) is 24.0 Å².